The van der Waals surface area contributed by atoms with Crippen molar-refractivity contribution in [3.05, 3.63) is 10.0 Å². The number of carbonyl (C=O) groups excluding carboxylic acids is 2. The molecule has 23 heavy (non-hydrogen) atoms. The van der Waals surface area contributed by atoms with Gasteiger partial charge in [-0.25, -0.2) is 0 Å². The minimum absolute atomic E-state index is 0.0486. The number of esters is 1. The summed E-state index contributed by atoms with van der Waals surface area (Å²) in [6, 6.07) is 0. The van der Waals surface area contributed by atoms with E-state index in [1.807, 2.05) is 4.90 Å². The Balaban J connectivity index is 1.43. The molecule has 7 heteroatoms. The van der Waals surface area contributed by atoms with Crippen LogP contribution >= 0.6 is 11.3 Å². The first kappa shape index (κ1) is 16.4. The zero-order valence-corrected chi connectivity index (χ0v) is 14.3. The number of nitrogens with zero attached hydrogens (tertiary/aromatic N) is 3. The summed E-state index contributed by atoms with van der Waals surface area (Å²) in [5.74, 6) is 0.838. The highest BCUT2D eigenvalue weighted by atomic mass is 32.1. The normalized spacial score (nSPS) is 18.9. The summed E-state index contributed by atoms with van der Waals surface area (Å²) < 4.78 is 4.86. The van der Waals surface area contributed by atoms with Crippen molar-refractivity contribution in [1.82, 2.24) is 15.1 Å². The van der Waals surface area contributed by atoms with Crippen LogP contribution in [-0.4, -0.2) is 46.7 Å². The molecule has 0 unspecified atom stereocenters. The van der Waals surface area contributed by atoms with Gasteiger partial charge in [-0.3, -0.25) is 9.59 Å². The number of hydrogen-bond donors (Lipinski definition) is 0. The largest absolute Gasteiger partial charge is 0.466 e. The Morgan fingerprint density at radius 2 is 1.70 bits per heavy atom. The number of hydrogen-bond acceptors (Lipinski definition) is 6. The molecule has 2 aliphatic rings. The number of amides is 1. The monoisotopic (exact) mass is 337 g/mol. The lowest BCUT2D eigenvalue weighted by Gasteiger charge is -2.31. The molecule has 1 aliphatic heterocycles. The van der Waals surface area contributed by atoms with Gasteiger partial charge in [0.05, 0.1) is 13.0 Å². The van der Waals surface area contributed by atoms with E-state index in [4.69, 9.17) is 4.74 Å². The molecule has 6 nitrogen and oxygen atoms in total. The minimum Gasteiger partial charge on any atom is -0.466 e. The lowest BCUT2D eigenvalue weighted by molar-refractivity contribution is -0.145. The van der Waals surface area contributed by atoms with Gasteiger partial charge in [0.15, 0.2) is 0 Å². The highest BCUT2D eigenvalue weighted by Crippen LogP contribution is 2.43. The summed E-state index contributed by atoms with van der Waals surface area (Å²) in [5, 5.41) is 11.0. The van der Waals surface area contributed by atoms with Crippen molar-refractivity contribution in [3.63, 3.8) is 0 Å². The Labute approximate surface area is 140 Å². The number of likely N-dealkylation sites (tertiary alicyclic amines) is 1. The quantitative estimate of drug-likeness (QED) is 0.746. The number of piperidine rings is 1. The van der Waals surface area contributed by atoms with Gasteiger partial charge >= 0.3 is 5.97 Å². The summed E-state index contributed by atoms with van der Waals surface area (Å²) in [7, 11) is 0. The van der Waals surface area contributed by atoms with E-state index >= 15 is 0 Å². The molecule has 0 spiro atoms. The molecule has 2 heterocycles. The predicted octanol–water partition coefficient (Wildman–Crippen LogP) is 2.46. The molecule has 3 rings (SSSR count). The van der Waals surface area contributed by atoms with Crippen LogP contribution < -0.4 is 0 Å². The highest BCUT2D eigenvalue weighted by molar-refractivity contribution is 7.11. The summed E-state index contributed by atoms with van der Waals surface area (Å²) in [6.45, 7) is 3.62. The van der Waals surface area contributed by atoms with Crippen LogP contribution in [0.2, 0.25) is 0 Å². The fraction of sp³-hybridized carbons (Fsp3) is 0.750. The van der Waals surface area contributed by atoms with E-state index in [1.54, 1.807) is 18.3 Å². The van der Waals surface area contributed by atoms with Gasteiger partial charge < -0.3 is 9.64 Å². The van der Waals surface area contributed by atoms with E-state index in [-0.39, 0.29) is 24.7 Å². The Hall–Kier alpha value is -1.50. The van der Waals surface area contributed by atoms with Crippen LogP contribution in [0.3, 0.4) is 0 Å². The zero-order chi connectivity index (χ0) is 16.2. The molecule has 0 aromatic carbocycles. The molecular formula is C16H23N3O3S. The number of aromatic nitrogens is 2. The van der Waals surface area contributed by atoms with Gasteiger partial charge in [-0.05, 0) is 32.6 Å². The molecule has 1 saturated heterocycles. The lowest BCUT2D eigenvalue weighted by Crippen LogP contribution is -2.38. The third-order valence-electron chi connectivity index (χ3n) is 4.43. The first-order chi connectivity index (χ1) is 11.2. The predicted molar refractivity (Wildman–Crippen MR) is 86.3 cm³/mol. The van der Waals surface area contributed by atoms with E-state index in [0.717, 1.165) is 30.9 Å². The molecular weight excluding hydrogens is 314 g/mol. The first-order valence-corrected chi connectivity index (χ1v) is 9.25. The molecule has 0 bridgehead atoms. The topological polar surface area (TPSA) is 72.4 Å². The molecule has 1 aliphatic carbocycles. The summed E-state index contributed by atoms with van der Waals surface area (Å²) in [6.07, 6.45) is 4.79. The van der Waals surface area contributed by atoms with E-state index < -0.39 is 0 Å². The van der Waals surface area contributed by atoms with Gasteiger partial charge in [-0.1, -0.05) is 0 Å². The minimum atomic E-state index is -0.294. The number of ether oxygens (including phenoxy) is 1. The average Bonchev–Trinajstić information content (AvgIpc) is 3.30. The second-order valence-electron chi connectivity index (χ2n) is 6.21. The van der Waals surface area contributed by atoms with Crippen molar-refractivity contribution in [2.75, 3.05) is 19.7 Å². The molecule has 0 radical (unpaired) electrons. The van der Waals surface area contributed by atoms with Crippen molar-refractivity contribution in [1.29, 1.82) is 0 Å². The van der Waals surface area contributed by atoms with Gasteiger partial charge in [0.2, 0.25) is 5.91 Å². The van der Waals surface area contributed by atoms with E-state index in [0.29, 0.717) is 18.4 Å². The van der Waals surface area contributed by atoms with Crippen LogP contribution in [0, 0.1) is 0 Å². The molecule has 0 N–H and O–H groups in total. The molecule has 1 aromatic rings. The third-order valence-corrected chi connectivity index (χ3v) is 5.68. The molecule has 126 valence electrons. The molecule has 1 aromatic heterocycles. The smallest absolute Gasteiger partial charge is 0.306 e. The number of rotatable bonds is 6. The third kappa shape index (κ3) is 4.28. The van der Waals surface area contributed by atoms with Gasteiger partial charge in [-0.15, -0.1) is 21.5 Å². The lowest BCUT2D eigenvalue weighted by atomic mass is 9.97. The average molecular weight is 337 g/mol. The van der Waals surface area contributed by atoms with Crippen molar-refractivity contribution in [3.8, 4) is 0 Å². The maximum Gasteiger partial charge on any atom is 0.306 e. The van der Waals surface area contributed by atoms with E-state index in [1.165, 1.54) is 17.8 Å². The Morgan fingerprint density at radius 1 is 1.09 bits per heavy atom. The second kappa shape index (κ2) is 7.38. The Bertz CT molecular complexity index is 563. The SMILES string of the molecule is CCOC(=O)CCC(=O)N1CCC(c2nnc(C3CC3)s2)CC1. The molecule has 0 atom stereocenters. The van der Waals surface area contributed by atoms with Crippen LogP contribution in [-0.2, 0) is 14.3 Å². The Morgan fingerprint density at radius 3 is 2.26 bits per heavy atom. The Kier molecular flexibility index (Phi) is 5.25. The van der Waals surface area contributed by atoms with E-state index in [9.17, 15) is 9.59 Å². The van der Waals surface area contributed by atoms with Crippen molar-refractivity contribution >= 4 is 23.2 Å². The maximum absolute atomic E-state index is 12.1. The van der Waals surface area contributed by atoms with Crippen molar-refractivity contribution < 1.29 is 14.3 Å². The fourth-order valence-electron chi connectivity index (χ4n) is 2.88. The fourth-order valence-corrected chi connectivity index (χ4v) is 4.07. The van der Waals surface area contributed by atoms with Crippen LogP contribution in [0.4, 0.5) is 0 Å². The van der Waals surface area contributed by atoms with Crippen molar-refractivity contribution in [2.45, 2.75) is 57.3 Å². The standard InChI is InChI=1S/C16H23N3O3S/c1-2-22-14(21)6-5-13(20)19-9-7-12(8-10-19)16-18-17-15(23-16)11-3-4-11/h11-12H,2-10H2,1H3. The van der Waals surface area contributed by atoms with Gasteiger partial charge in [0.25, 0.3) is 0 Å². The second-order valence-corrected chi connectivity index (χ2v) is 7.25. The summed E-state index contributed by atoms with van der Waals surface area (Å²) >= 11 is 1.75. The van der Waals surface area contributed by atoms with Gasteiger partial charge in [0.1, 0.15) is 10.0 Å². The summed E-state index contributed by atoms with van der Waals surface area (Å²) in [4.78, 5) is 25.3. The summed E-state index contributed by atoms with van der Waals surface area (Å²) in [5.41, 5.74) is 0. The van der Waals surface area contributed by atoms with Crippen LogP contribution in [0.15, 0.2) is 0 Å². The number of carbonyl (C=O) groups is 2. The molecule has 2 fully saturated rings. The highest BCUT2D eigenvalue weighted by Gasteiger charge is 2.30. The van der Waals surface area contributed by atoms with Gasteiger partial charge in [0, 0.05) is 31.3 Å². The molecule has 1 saturated carbocycles. The maximum atomic E-state index is 12.1. The van der Waals surface area contributed by atoms with Crippen LogP contribution in [0.1, 0.15) is 67.3 Å². The van der Waals surface area contributed by atoms with Crippen LogP contribution in [0.5, 0.6) is 0 Å². The van der Waals surface area contributed by atoms with E-state index in [2.05, 4.69) is 10.2 Å². The van der Waals surface area contributed by atoms with Gasteiger partial charge in [-0.2, -0.15) is 0 Å². The first-order valence-electron chi connectivity index (χ1n) is 8.44. The molecule has 1 amide bonds. The van der Waals surface area contributed by atoms with Crippen molar-refractivity contribution in [2.24, 2.45) is 0 Å². The zero-order valence-electron chi connectivity index (χ0n) is 13.5. The van der Waals surface area contributed by atoms with Crippen LogP contribution in [0.25, 0.3) is 0 Å².